The monoisotopic (exact) mass is 314 g/mol. The molecule has 0 amide bonds. The minimum absolute atomic E-state index is 0.0961. The number of carboxylic acid groups (broad SMARTS) is 2. The number of hydrogen-bond acceptors (Lipinski definition) is 5. The standard InChI is InChI=1S/C9H22N2.C6H4O5/c1-2-3-4-5-6-7-8-9(10)11;7-5(8)3-1-2-11-4(3)6(9)10/h9H,2-8,10-11H2,1H3;1-2H,(H,7,8)(H,9,10). The van der Waals surface area contributed by atoms with Gasteiger partial charge in [0, 0.05) is 0 Å². The molecule has 0 aliphatic heterocycles. The molecule has 0 bridgehead atoms. The van der Waals surface area contributed by atoms with Crippen LogP contribution in [0, 0.1) is 0 Å². The Hall–Kier alpha value is -1.86. The van der Waals surface area contributed by atoms with Gasteiger partial charge in [0.2, 0.25) is 5.76 Å². The van der Waals surface area contributed by atoms with E-state index in [1.165, 1.54) is 38.5 Å². The van der Waals surface area contributed by atoms with Gasteiger partial charge in [-0.2, -0.15) is 0 Å². The van der Waals surface area contributed by atoms with Gasteiger partial charge in [0.05, 0.1) is 12.4 Å². The summed E-state index contributed by atoms with van der Waals surface area (Å²) in [4.78, 5) is 20.5. The van der Waals surface area contributed by atoms with Crippen molar-refractivity contribution in [2.75, 3.05) is 0 Å². The van der Waals surface area contributed by atoms with Gasteiger partial charge >= 0.3 is 11.9 Å². The Labute approximate surface area is 130 Å². The van der Waals surface area contributed by atoms with E-state index in [0.717, 1.165) is 18.8 Å². The van der Waals surface area contributed by atoms with Gasteiger partial charge in [-0.05, 0) is 12.5 Å². The van der Waals surface area contributed by atoms with Crippen LogP contribution in [-0.2, 0) is 0 Å². The summed E-state index contributed by atoms with van der Waals surface area (Å²) in [5.74, 6) is -3.24. The van der Waals surface area contributed by atoms with Gasteiger partial charge < -0.3 is 26.1 Å². The van der Waals surface area contributed by atoms with E-state index in [4.69, 9.17) is 21.7 Å². The molecule has 22 heavy (non-hydrogen) atoms. The van der Waals surface area contributed by atoms with E-state index in [-0.39, 0.29) is 11.7 Å². The SMILES string of the molecule is CCCCCCCCC(N)N.O=C(O)c1ccoc1C(=O)O. The maximum Gasteiger partial charge on any atom is 0.372 e. The zero-order valence-electron chi connectivity index (χ0n) is 13.0. The highest BCUT2D eigenvalue weighted by molar-refractivity contribution is 5.99. The minimum atomic E-state index is -1.38. The Kier molecular flexibility index (Phi) is 10.8. The molecule has 0 aliphatic carbocycles. The average Bonchev–Trinajstić information content (AvgIpc) is 2.93. The highest BCUT2D eigenvalue weighted by Crippen LogP contribution is 2.09. The molecule has 1 heterocycles. The van der Waals surface area contributed by atoms with Gasteiger partial charge in [0.15, 0.2) is 0 Å². The smallest absolute Gasteiger partial charge is 0.372 e. The Morgan fingerprint density at radius 3 is 2.14 bits per heavy atom. The Morgan fingerprint density at radius 2 is 1.68 bits per heavy atom. The number of hydrogen-bond donors (Lipinski definition) is 4. The predicted octanol–water partition coefficient (Wildman–Crippen LogP) is 2.66. The van der Waals surface area contributed by atoms with E-state index in [2.05, 4.69) is 11.3 Å². The lowest BCUT2D eigenvalue weighted by Crippen LogP contribution is -2.29. The summed E-state index contributed by atoms with van der Waals surface area (Å²) < 4.78 is 4.41. The minimum Gasteiger partial charge on any atom is -0.478 e. The summed E-state index contributed by atoms with van der Waals surface area (Å²) in [6, 6.07) is 1.09. The van der Waals surface area contributed by atoms with E-state index < -0.39 is 17.7 Å². The average molecular weight is 314 g/mol. The van der Waals surface area contributed by atoms with Crippen molar-refractivity contribution in [3.8, 4) is 0 Å². The van der Waals surface area contributed by atoms with Crippen molar-refractivity contribution >= 4 is 11.9 Å². The molecule has 0 aliphatic rings. The van der Waals surface area contributed by atoms with E-state index in [0.29, 0.717) is 0 Å². The maximum absolute atomic E-state index is 10.3. The molecule has 126 valence electrons. The first kappa shape index (κ1) is 20.1. The van der Waals surface area contributed by atoms with Crippen molar-refractivity contribution in [3.05, 3.63) is 23.7 Å². The molecule has 0 unspecified atom stereocenters. The van der Waals surface area contributed by atoms with Gasteiger partial charge in [-0.1, -0.05) is 45.4 Å². The van der Waals surface area contributed by atoms with E-state index in [1.807, 2.05) is 0 Å². The maximum atomic E-state index is 10.3. The van der Waals surface area contributed by atoms with Crippen molar-refractivity contribution < 1.29 is 24.2 Å². The zero-order valence-corrected chi connectivity index (χ0v) is 13.0. The molecule has 1 aromatic heterocycles. The van der Waals surface area contributed by atoms with Crippen LogP contribution in [0.15, 0.2) is 16.7 Å². The quantitative estimate of drug-likeness (QED) is 0.405. The van der Waals surface area contributed by atoms with Gasteiger partial charge in [0.25, 0.3) is 0 Å². The molecule has 0 radical (unpaired) electrons. The van der Waals surface area contributed by atoms with Crippen LogP contribution >= 0.6 is 0 Å². The van der Waals surface area contributed by atoms with Crippen LogP contribution in [0.1, 0.15) is 72.8 Å². The number of unbranched alkanes of at least 4 members (excludes halogenated alkanes) is 5. The molecular weight excluding hydrogens is 288 g/mol. The lowest BCUT2D eigenvalue weighted by Gasteiger charge is -2.03. The highest BCUT2D eigenvalue weighted by Gasteiger charge is 2.18. The summed E-state index contributed by atoms with van der Waals surface area (Å²) in [6.07, 6.45) is 9.80. The highest BCUT2D eigenvalue weighted by atomic mass is 16.4. The number of furan rings is 1. The second-order valence-corrected chi connectivity index (χ2v) is 4.99. The summed E-state index contributed by atoms with van der Waals surface area (Å²) in [5, 5.41) is 16.7. The molecule has 0 saturated carbocycles. The Morgan fingerprint density at radius 1 is 1.09 bits per heavy atom. The van der Waals surface area contributed by atoms with Crippen molar-refractivity contribution in [2.45, 2.75) is 58.0 Å². The third kappa shape index (κ3) is 9.15. The lowest BCUT2D eigenvalue weighted by atomic mass is 10.1. The lowest BCUT2D eigenvalue weighted by molar-refractivity contribution is 0.0626. The first-order valence-corrected chi connectivity index (χ1v) is 7.45. The first-order valence-electron chi connectivity index (χ1n) is 7.45. The van der Waals surface area contributed by atoms with E-state index >= 15 is 0 Å². The molecule has 0 atom stereocenters. The van der Waals surface area contributed by atoms with E-state index in [1.54, 1.807) is 0 Å². The molecule has 0 fully saturated rings. The predicted molar refractivity (Wildman–Crippen MR) is 82.8 cm³/mol. The van der Waals surface area contributed by atoms with Crippen LogP contribution in [0.4, 0.5) is 0 Å². The second kappa shape index (κ2) is 11.8. The van der Waals surface area contributed by atoms with Gasteiger partial charge in [0.1, 0.15) is 5.56 Å². The molecule has 1 rings (SSSR count). The van der Waals surface area contributed by atoms with Crippen molar-refractivity contribution in [3.63, 3.8) is 0 Å². The molecular formula is C15H26N2O5. The molecule has 6 N–H and O–H groups in total. The van der Waals surface area contributed by atoms with Gasteiger partial charge in [-0.15, -0.1) is 0 Å². The van der Waals surface area contributed by atoms with Crippen LogP contribution in [0.2, 0.25) is 0 Å². The fourth-order valence-corrected chi connectivity index (χ4v) is 1.80. The number of carbonyl (C=O) groups is 2. The third-order valence-electron chi connectivity index (χ3n) is 2.98. The van der Waals surface area contributed by atoms with Crippen molar-refractivity contribution in [1.29, 1.82) is 0 Å². The Bertz CT molecular complexity index is 414. The number of nitrogens with two attached hydrogens (primary N) is 2. The van der Waals surface area contributed by atoms with E-state index in [9.17, 15) is 9.59 Å². The van der Waals surface area contributed by atoms with Crippen LogP contribution in [-0.4, -0.2) is 28.3 Å². The van der Waals surface area contributed by atoms with Crippen LogP contribution in [0.25, 0.3) is 0 Å². The fraction of sp³-hybridized carbons (Fsp3) is 0.600. The van der Waals surface area contributed by atoms with Crippen molar-refractivity contribution in [2.24, 2.45) is 11.5 Å². The summed E-state index contributed by atoms with van der Waals surface area (Å²) >= 11 is 0. The summed E-state index contributed by atoms with van der Waals surface area (Å²) in [5.41, 5.74) is 10.5. The zero-order chi connectivity index (χ0) is 17.0. The molecule has 7 nitrogen and oxygen atoms in total. The molecule has 0 saturated heterocycles. The summed E-state index contributed by atoms with van der Waals surface area (Å²) in [7, 11) is 0. The number of aromatic carboxylic acids is 2. The fourth-order valence-electron chi connectivity index (χ4n) is 1.80. The molecule has 0 aromatic carbocycles. The number of rotatable bonds is 9. The first-order chi connectivity index (χ1) is 10.4. The molecule has 7 heteroatoms. The largest absolute Gasteiger partial charge is 0.478 e. The number of carboxylic acids is 2. The third-order valence-corrected chi connectivity index (χ3v) is 2.98. The Balaban J connectivity index is 0.000000401. The van der Waals surface area contributed by atoms with Gasteiger partial charge in [-0.3, -0.25) is 0 Å². The second-order valence-electron chi connectivity index (χ2n) is 4.99. The van der Waals surface area contributed by atoms with Gasteiger partial charge in [-0.25, -0.2) is 9.59 Å². The van der Waals surface area contributed by atoms with Crippen molar-refractivity contribution in [1.82, 2.24) is 0 Å². The molecule has 1 aromatic rings. The van der Waals surface area contributed by atoms with Crippen LogP contribution < -0.4 is 11.5 Å². The molecule has 0 spiro atoms. The normalized spacial score (nSPS) is 10.2. The topological polar surface area (TPSA) is 140 Å². The summed E-state index contributed by atoms with van der Waals surface area (Å²) in [6.45, 7) is 2.23. The van der Waals surface area contributed by atoms with Crippen LogP contribution in [0.5, 0.6) is 0 Å². The van der Waals surface area contributed by atoms with Crippen LogP contribution in [0.3, 0.4) is 0 Å².